The maximum Gasteiger partial charge on any atom is 0.341 e. The van der Waals surface area contributed by atoms with Crippen molar-refractivity contribution in [1.29, 1.82) is 0 Å². The van der Waals surface area contributed by atoms with Crippen LogP contribution in [-0.4, -0.2) is 39.8 Å². The van der Waals surface area contributed by atoms with Crippen LogP contribution >= 0.6 is 34.4 Å². The summed E-state index contributed by atoms with van der Waals surface area (Å²) in [7, 11) is 0. The predicted molar refractivity (Wildman–Crippen MR) is 134 cm³/mol. The first-order valence-corrected chi connectivity index (χ1v) is 13.9. The highest BCUT2D eigenvalue weighted by molar-refractivity contribution is 8.02. The molecule has 0 fully saturated rings. The first-order chi connectivity index (χ1) is 15.9. The van der Waals surface area contributed by atoms with Crippen LogP contribution in [0.15, 0.2) is 4.34 Å². The molecule has 1 unspecified atom stereocenters. The first kappa shape index (κ1) is 25.6. The van der Waals surface area contributed by atoms with E-state index in [1.807, 2.05) is 6.92 Å². The van der Waals surface area contributed by atoms with Crippen molar-refractivity contribution in [3.8, 4) is 0 Å². The summed E-state index contributed by atoms with van der Waals surface area (Å²) in [6.07, 6.45) is 7.23. The lowest BCUT2D eigenvalue weighted by atomic mass is 10.1. The highest BCUT2D eigenvalue weighted by Crippen LogP contribution is 2.38. The average Bonchev–Trinajstić information content (AvgIpc) is 3.28. The van der Waals surface area contributed by atoms with Crippen molar-refractivity contribution < 1.29 is 19.1 Å². The average molecular weight is 511 g/mol. The Bertz CT molecular complexity index is 988. The quantitative estimate of drug-likeness (QED) is 0.193. The minimum absolute atomic E-state index is 0.0840. The van der Waals surface area contributed by atoms with Gasteiger partial charge >= 0.3 is 5.97 Å². The largest absolute Gasteiger partial charge is 0.462 e. The lowest BCUT2D eigenvalue weighted by Gasteiger charge is -2.11. The zero-order valence-electron chi connectivity index (χ0n) is 19.2. The highest BCUT2D eigenvalue weighted by atomic mass is 32.2. The molecule has 0 aliphatic heterocycles. The Morgan fingerprint density at radius 1 is 1.09 bits per heavy atom. The molecule has 11 heteroatoms. The van der Waals surface area contributed by atoms with Gasteiger partial charge in [0.1, 0.15) is 5.00 Å². The van der Waals surface area contributed by atoms with E-state index >= 15 is 0 Å². The highest BCUT2D eigenvalue weighted by Gasteiger charge is 2.28. The number of thioether (sulfide) groups is 1. The maximum absolute atomic E-state index is 12.9. The molecule has 0 bridgehead atoms. The maximum atomic E-state index is 12.9. The fraction of sp³-hybridized carbons (Fsp3) is 0.591. The van der Waals surface area contributed by atoms with Gasteiger partial charge < -0.3 is 15.4 Å². The van der Waals surface area contributed by atoms with Crippen molar-refractivity contribution in [2.75, 3.05) is 17.2 Å². The number of anilines is 2. The molecule has 180 valence electrons. The summed E-state index contributed by atoms with van der Waals surface area (Å²) >= 11 is 4.00. The normalized spacial score (nSPS) is 14.2. The predicted octanol–water partition coefficient (Wildman–Crippen LogP) is 5.29. The second-order valence-corrected chi connectivity index (χ2v) is 11.4. The number of aromatic nitrogens is 2. The number of nitrogens with zero attached hydrogens (tertiary/aromatic N) is 2. The smallest absolute Gasteiger partial charge is 0.341 e. The lowest BCUT2D eigenvalue weighted by Crippen LogP contribution is -2.23. The number of rotatable bonds is 10. The van der Waals surface area contributed by atoms with Crippen LogP contribution in [-0.2, 0) is 27.2 Å². The molecule has 2 aromatic rings. The molecule has 1 aliphatic rings. The van der Waals surface area contributed by atoms with E-state index in [0.717, 1.165) is 50.5 Å². The van der Waals surface area contributed by atoms with Crippen LogP contribution in [0.3, 0.4) is 0 Å². The molecule has 0 aromatic carbocycles. The molecule has 1 aliphatic carbocycles. The van der Waals surface area contributed by atoms with E-state index in [2.05, 4.69) is 20.8 Å². The molecule has 33 heavy (non-hydrogen) atoms. The van der Waals surface area contributed by atoms with E-state index in [9.17, 15) is 14.4 Å². The molecule has 0 saturated carbocycles. The molecular weight excluding hydrogens is 480 g/mol. The SMILES string of the molecule is CCCCC(=O)Nc1nnc(SC(C)C(=O)Nc2sc3c(c2C(=O)OCC)CCCCC3)s1. The van der Waals surface area contributed by atoms with Gasteiger partial charge in [0.2, 0.25) is 16.9 Å². The first-order valence-electron chi connectivity index (χ1n) is 11.3. The number of hydrogen-bond acceptors (Lipinski definition) is 9. The van der Waals surface area contributed by atoms with E-state index in [1.165, 1.54) is 39.3 Å². The number of carbonyl (C=O) groups is 3. The standard InChI is InChI=1S/C22H30N4O4S3/c1-4-6-12-16(27)23-21-25-26-22(33-21)31-13(3)18(28)24-19-17(20(29)30-5-2)14-10-8-7-9-11-15(14)32-19/h13H,4-12H2,1-3H3,(H,24,28)(H,23,25,27). The van der Waals surface area contributed by atoms with Crippen molar-refractivity contribution in [1.82, 2.24) is 10.2 Å². The fourth-order valence-electron chi connectivity index (χ4n) is 3.50. The minimum atomic E-state index is -0.460. The number of unbranched alkanes of at least 4 members (excludes halogenated alkanes) is 1. The summed E-state index contributed by atoms with van der Waals surface area (Å²) in [5.41, 5.74) is 1.54. The molecule has 2 heterocycles. The molecule has 2 amide bonds. The summed E-state index contributed by atoms with van der Waals surface area (Å²) in [6.45, 7) is 5.88. The van der Waals surface area contributed by atoms with Gasteiger partial charge in [-0.2, -0.15) is 0 Å². The number of amides is 2. The zero-order valence-corrected chi connectivity index (χ0v) is 21.6. The van der Waals surface area contributed by atoms with Gasteiger partial charge in [0, 0.05) is 11.3 Å². The Kier molecular flexibility index (Phi) is 9.69. The molecule has 1 atom stereocenters. The van der Waals surface area contributed by atoms with Crippen molar-refractivity contribution in [2.45, 2.75) is 81.7 Å². The van der Waals surface area contributed by atoms with Gasteiger partial charge in [0.25, 0.3) is 0 Å². The minimum Gasteiger partial charge on any atom is -0.462 e. The van der Waals surface area contributed by atoms with Crippen LogP contribution in [0.25, 0.3) is 0 Å². The van der Waals surface area contributed by atoms with Crippen LogP contribution in [0.5, 0.6) is 0 Å². The molecule has 8 nitrogen and oxygen atoms in total. The number of esters is 1. The van der Waals surface area contributed by atoms with Crippen LogP contribution in [0, 0.1) is 0 Å². The lowest BCUT2D eigenvalue weighted by molar-refractivity contribution is -0.116. The molecule has 2 N–H and O–H groups in total. The molecule has 0 saturated heterocycles. The monoisotopic (exact) mass is 510 g/mol. The number of aryl methyl sites for hydroxylation is 1. The second-order valence-electron chi connectivity index (χ2n) is 7.76. The topological polar surface area (TPSA) is 110 Å². The third-order valence-corrected chi connectivity index (χ3v) is 8.42. The molecule has 3 rings (SSSR count). The Hall–Kier alpha value is -1.98. The Morgan fingerprint density at radius 2 is 1.88 bits per heavy atom. The van der Waals surface area contributed by atoms with Crippen LogP contribution in [0.4, 0.5) is 10.1 Å². The number of nitrogens with one attached hydrogen (secondary N) is 2. The number of hydrogen-bond donors (Lipinski definition) is 2. The summed E-state index contributed by atoms with van der Waals surface area (Å²) in [4.78, 5) is 38.7. The van der Waals surface area contributed by atoms with E-state index in [1.54, 1.807) is 13.8 Å². The van der Waals surface area contributed by atoms with Crippen molar-refractivity contribution in [3.63, 3.8) is 0 Å². The zero-order chi connectivity index (χ0) is 23.8. The van der Waals surface area contributed by atoms with E-state index in [-0.39, 0.29) is 24.4 Å². The van der Waals surface area contributed by atoms with Crippen LogP contribution in [0.2, 0.25) is 0 Å². The third kappa shape index (κ3) is 7.00. The Morgan fingerprint density at radius 3 is 2.64 bits per heavy atom. The molecular formula is C22H30N4O4S3. The Labute approximate surface area is 206 Å². The van der Waals surface area contributed by atoms with Gasteiger partial charge in [-0.05, 0) is 51.5 Å². The fourth-order valence-corrected chi connectivity index (χ4v) is 6.69. The van der Waals surface area contributed by atoms with E-state index in [4.69, 9.17) is 4.74 Å². The van der Waals surface area contributed by atoms with Crippen molar-refractivity contribution in [2.24, 2.45) is 0 Å². The summed E-state index contributed by atoms with van der Waals surface area (Å²) in [5.74, 6) is -0.676. The third-order valence-electron chi connectivity index (χ3n) is 5.19. The van der Waals surface area contributed by atoms with Crippen LogP contribution in [0.1, 0.15) is 80.1 Å². The number of thiophene rings is 1. The number of fused-ring (bicyclic) bond motifs is 1. The summed E-state index contributed by atoms with van der Waals surface area (Å²) < 4.78 is 5.88. The molecule has 0 spiro atoms. The van der Waals surface area contributed by atoms with Crippen molar-refractivity contribution >= 4 is 62.4 Å². The van der Waals surface area contributed by atoms with Gasteiger partial charge in [-0.25, -0.2) is 4.79 Å². The van der Waals surface area contributed by atoms with E-state index in [0.29, 0.717) is 26.5 Å². The van der Waals surface area contributed by atoms with Crippen molar-refractivity contribution in [3.05, 3.63) is 16.0 Å². The van der Waals surface area contributed by atoms with Gasteiger partial charge in [0.15, 0.2) is 4.34 Å². The number of ether oxygens (including phenoxy) is 1. The number of carbonyl (C=O) groups excluding carboxylic acids is 3. The summed E-state index contributed by atoms with van der Waals surface area (Å²) in [6, 6.07) is 0. The van der Waals surface area contributed by atoms with Gasteiger partial charge in [-0.1, -0.05) is 42.9 Å². The summed E-state index contributed by atoms with van der Waals surface area (Å²) in [5, 5.41) is 14.3. The van der Waals surface area contributed by atoms with Gasteiger partial charge in [-0.3, -0.25) is 9.59 Å². The Balaban J connectivity index is 1.66. The van der Waals surface area contributed by atoms with Crippen LogP contribution < -0.4 is 10.6 Å². The molecule has 0 radical (unpaired) electrons. The van der Waals surface area contributed by atoms with Gasteiger partial charge in [-0.15, -0.1) is 21.5 Å². The second kappa shape index (κ2) is 12.5. The van der Waals surface area contributed by atoms with Gasteiger partial charge in [0.05, 0.1) is 17.4 Å². The molecule has 2 aromatic heterocycles. The van der Waals surface area contributed by atoms with E-state index < -0.39 is 5.25 Å².